The number of ether oxygens (including phenoxy) is 5. The summed E-state index contributed by atoms with van der Waals surface area (Å²) in [5.74, 6) is 1.02. The first-order valence-electron chi connectivity index (χ1n) is 14.4. The Kier molecular flexibility index (Phi) is 11.5. The number of rotatable bonds is 15. The highest BCUT2D eigenvalue weighted by atomic mass is 35.5. The van der Waals surface area contributed by atoms with E-state index < -0.39 is 11.7 Å². The lowest BCUT2D eigenvalue weighted by atomic mass is 10.0. The molecule has 1 fully saturated rings. The average Bonchev–Trinajstić information content (AvgIpc) is 3.37. The van der Waals surface area contributed by atoms with Gasteiger partial charge in [0.15, 0.2) is 28.3 Å². The molecule has 1 aliphatic rings. The highest BCUT2D eigenvalue weighted by Crippen LogP contribution is 2.25. The van der Waals surface area contributed by atoms with Crippen LogP contribution in [-0.4, -0.2) is 67.8 Å². The zero-order chi connectivity index (χ0) is 31.7. The molecule has 0 saturated carbocycles. The maximum atomic E-state index is 12.9. The second-order valence-electron chi connectivity index (χ2n) is 10.9. The molecule has 3 aromatic rings. The highest BCUT2D eigenvalue weighted by molar-refractivity contribution is 6.31. The number of aryl methyl sites for hydroxylation is 1. The molecule has 44 heavy (non-hydrogen) atoms. The predicted molar refractivity (Wildman–Crippen MR) is 168 cm³/mol. The summed E-state index contributed by atoms with van der Waals surface area (Å²) in [7, 11) is 3.23. The van der Waals surface area contributed by atoms with Crippen molar-refractivity contribution in [3.05, 3.63) is 64.4 Å². The fourth-order valence-electron chi connectivity index (χ4n) is 4.78. The quantitative estimate of drug-likeness (QED) is 0.194. The Morgan fingerprint density at radius 1 is 1.09 bits per heavy atom. The van der Waals surface area contributed by atoms with Gasteiger partial charge in [-0.05, 0) is 56.9 Å². The molecule has 4 rings (SSSR count). The number of anilines is 2. The van der Waals surface area contributed by atoms with Gasteiger partial charge in [-0.15, -0.1) is 0 Å². The van der Waals surface area contributed by atoms with E-state index in [4.69, 9.17) is 46.8 Å². The molecule has 1 unspecified atom stereocenters. The van der Waals surface area contributed by atoms with Crippen LogP contribution >= 0.6 is 11.6 Å². The van der Waals surface area contributed by atoms with Crippen molar-refractivity contribution in [3.8, 4) is 17.2 Å². The van der Waals surface area contributed by atoms with Crippen LogP contribution in [0.2, 0.25) is 5.15 Å². The topological polar surface area (TPSA) is 165 Å². The number of hydrogen-bond donors (Lipinski definition) is 4. The standard InChI is InChI=1S/C31H41ClN6O6/c1-31(2)43-18-24(44-31)17-42-22-11-8-19(9-12-22)6-5-7-21(35-15-20-10-13-23(40-3)14-25(20)41-4)16-36-30(39)26-28(33)38-29(34)27(32)37-26/h8-14,21,24,35H,5-7,15-18H2,1-4H3,(H,36,39)(H4,33,34,38)/t21?,24-/m0/s1. The Labute approximate surface area is 262 Å². The number of amides is 1. The van der Waals surface area contributed by atoms with Gasteiger partial charge in [0, 0.05) is 30.8 Å². The maximum absolute atomic E-state index is 12.9. The molecule has 1 saturated heterocycles. The van der Waals surface area contributed by atoms with Crippen LogP contribution in [0.15, 0.2) is 42.5 Å². The summed E-state index contributed by atoms with van der Waals surface area (Å²) in [6, 6.07) is 13.6. The van der Waals surface area contributed by atoms with E-state index in [9.17, 15) is 4.79 Å². The lowest BCUT2D eigenvalue weighted by molar-refractivity contribution is -0.141. The number of nitrogens with zero attached hydrogens (tertiary/aromatic N) is 2. The van der Waals surface area contributed by atoms with Gasteiger partial charge in [0.1, 0.15) is 30.0 Å². The van der Waals surface area contributed by atoms with E-state index in [0.717, 1.165) is 30.6 Å². The van der Waals surface area contributed by atoms with Crippen LogP contribution < -0.4 is 36.3 Å². The van der Waals surface area contributed by atoms with Crippen molar-refractivity contribution < 1.29 is 28.5 Å². The molecule has 6 N–H and O–H groups in total. The first kappa shape index (κ1) is 33.1. The van der Waals surface area contributed by atoms with Gasteiger partial charge in [0.25, 0.3) is 5.91 Å². The Hall–Kier alpha value is -3.84. The van der Waals surface area contributed by atoms with E-state index in [0.29, 0.717) is 37.8 Å². The molecule has 2 heterocycles. The average molecular weight is 629 g/mol. The van der Waals surface area contributed by atoms with Crippen molar-refractivity contribution in [2.45, 2.75) is 57.6 Å². The van der Waals surface area contributed by atoms with Gasteiger partial charge < -0.3 is 45.8 Å². The number of nitrogen functional groups attached to an aromatic ring is 2. The molecule has 1 amide bonds. The van der Waals surface area contributed by atoms with Gasteiger partial charge in [-0.2, -0.15) is 0 Å². The minimum absolute atomic E-state index is 0.0326. The minimum atomic E-state index is -0.570. The third kappa shape index (κ3) is 9.33. The summed E-state index contributed by atoms with van der Waals surface area (Å²) in [5.41, 5.74) is 13.6. The Morgan fingerprint density at radius 3 is 2.52 bits per heavy atom. The van der Waals surface area contributed by atoms with E-state index in [1.54, 1.807) is 14.2 Å². The second kappa shape index (κ2) is 15.2. The van der Waals surface area contributed by atoms with Crippen LogP contribution in [0, 0.1) is 0 Å². The number of carbonyl (C=O) groups excluding carboxylic acids is 1. The monoisotopic (exact) mass is 628 g/mol. The zero-order valence-corrected chi connectivity index (χ0v) is 26.3. The van der Waals surface area contributed by atoms with Gasteiger partial charge in [-0.25, -0.2) is 9.97 Å². The molecule has 238 valence electrons. The van der Waals surface area contributed by atoms with Gasteiger partial charge in [0.2, 0.25) is 0 Å². The van der Waals surface area contributed by atoms with Crippen molar-refractivity contribution in [2.75, 3.05) is 45.4 Å². The fourth-order valence-corrected chi connectivity index (χ4v) is 4.90. The molecule has 0 radical (unpaired) electrons. The molecule has 0 aliphatic carbocycles. The van der Waals surface area contributed by atoms with E-state index in [2.05, 4.69) is 32.7 Å². The van der Waals surface area contributed by atoms with E-state index in [1.165, 1.54) is 5.56 Å². The molecule has 0 bridgehead atoms. The molecule has 13 heteroatoms. The number of benzene rings is 2. The molecule has 2 atom stereocenters. The smallest absolute Gasteiger partial charge is 0.273 e. The van der Waals surface area contributed by atoms with Crippen LogP contribution in [0.3, 0.4) is 0 Å². The Bertz CT molecular complexity index is 1410. The SMILES string of the molecule is COc1ccc(CNC(CCCc2ccc(OC[C@H]3COC(C)(C)O3)cc2)CNC(=O)c2nc(Cl)c(N)nc2N)c(OC)c1. The molecule has 2 aromatic carbocycles. The number of nitrogens with one attached hydrogen (secondary N) is 2. The second-order valence-corrected chi connectivity index (χ2v) is 11.3. The highest BCUT2D eigenvalue weighted by Gasteiger charge is 2.33. The lowest BCUT2D eigenvalue weighted by Crippen LogP contribution is -2.41. The summed E-state index contributed by atoms with van der Waals surface area (Å²) >= 11 is 5.97. The first-order valence-corrected chi connectivity index (χ1v) is 14.8. The number of halogens is 1. The molecule has 1 aromatic heterocycles. The summed E-state index contributed by atoms with van der Waals surface area (Å²) < 4.78 is 28.1. The maximum Gasteiger partial charge on any atom is 0.273 e. The van der Waals surface area contributed by atoms with Crippen LogP contribution in [0.4, 0.5) is 11.6 Å². The largest absolute Gasteiger partial charge is 0.497 e. The fraction of sp³-hybridized carbons (Fsp3) is 0.452. The predicted octanol–water partition coefficient (Wildman–Crippen LogP) is 3.75. The Morgan fingerprint density at radius 2 is 1.84 bits per heavy atom. The van der Waals surface area contributed by atoms with Gasteiger partial charge in [-0.3, -0.25) is 4.79 Å². The van der Waals surface area contributed by atoms with E-state index >= 15 is 0 Å². The van der Waals surface area contributed by atoms with Crippen molar-refractivity contribution in [1.29, 1.82) is 0 Å². The van der Waals surface area contributed by atoms with Crippen molar-refractivity contribution in [1.82, 2.24) is 20.6 Å². The minimum Gasteiger partial charge on any atom is -0.497 e. The molecular formula is C31H41ClN6O6. The van der Waals surface area contributed by atoms with Gasteiger partial charge in [-0.1, -0.05) is 29.8 Å². The first-order chi connectivity index (χ1) is 21.1. The van der Waals surface area contributed by atoms with Crippen LogP contribution in [0.1, 0.15) is 48.3 Å². The molecule has 0 spiro atoms. The number of carbonyl (C=O) groups is 1. The van der Waals surface area contributed by atoms with Gasteiger partial charge in [0.05, 0.1) is 20.8 Å². The third-order valence-electron chi connectivity index (χ3n) is 7.15. The Balaban J connectivity index is 1.34. The third-order valence-corrected chi connectivity index (χ3v) is 7.43. The number of methoxy groups -OCH3 is 2. The summed E-state index contributed by atoms with van der Waals surface area (Å²) in [4.78, 5) is 20.8. The normalized spacial score (nSPS) is 16.3. The van der Waals surface area contributed by atoms with Crippen LogP contribution in [0.5, 0.6) is 17.2 Å². The molecule has 12 nitrogen and oxygen atoms in total. The zero-order valence-electron chi connectivity index (χ0n) is 25.5. The van der Waals surface area contributed by atoms with Crippen molar-refractivity contribution in [3.63, 3.8) is 0 Å². The molecule has 1 aliphatic heterocycles. The lowest BCUT2D eigenvalue weighted by Gasteiger charge is -2.21. The summed E-state index contributed by atoms with van der Waals surface area (Å²) in [6.07, 6.45) is 2.40. The number of nitrogens with two attached hydrogens (primary N) is 2. The summed E-state index contributed by atoms with van der Waals surface area (Å²) in [5, 5.41) is 6.36. The van der Waals surface area contributed by atoms with Crippen molar-refractivity contribution in [2.24, 2.45) is 0 Å². The van der Waals surface area contributed by atoms with E-state index in [1.807, 2.05) is 44.2 Å². The van der Waals surface area contributed by atoms with Crippen LogP contribution in [-0.2, 0) is 22.4 Å². The summed E-state index contributed by atoms with van der Waals surface area (Å²) in [6.45, 7) is 5.57. The van der Waals surface area contributed by atoms with Crippen LogP contribution in [0.25, 0.3) is 0 Å². The van der Waals surface area contributed by atoms with Gasteiger partial charge >= 0.3 is 0 Å². The number of aromatic nitrogens is 2. The van der Waals surface area contributed by atoms with E-state index in [-0.39, 0.29) is 34.6 Å². The van der Waals surface area contributed by atoms with Crippen molar-refractivity contribution >= 4 is 29.1 Å². The molecular weight excluding hydrogens is 588 g/mol. The number of hydrogen-bond acceptors (Lipinski definition) is 11.